The summed E-state index contributed by atoms with van der Waals surface area (Å²) in [4.78, 5) is 29.9. The molecule has 1 N–H and O–H groups in total. The van der Waals surface area contributed by atoms with Crippen molar-refractivity contribution in [2.75, 3.05) is 23.3 Å². The van der Waals surface area contributed by atoms with Gasteiger partial charge in [-0.25, -0.2) is 4.79 Å². The molecule has 3 aromatic carbocycles. The number of urea groups is 1. The number of hydrogen-bond acceptors (Lipinski definition) is 2. The van der Waals surface area contributed by atoms with E-state index in [1.165, 1.54) is 0 Å². The fourth-order valence-electron chi connectivity index (χ4n) is 4.47. The Bertz CT molecular complexity index is 1070. The first-order chi connectivity index (χ1) is 16.1. The minimum absolute atomic E-state index is 0.0176. The zero-order valence-corrected chi connectivity index (χ0v) is 19.3. The van der Waals surface area contributed by atoms with Gasteiger partial charge in [0.1, 0.15) is 0 Å². The minimum atomic E-state index is -0.192. The Morgan fingerprint density at radius 1 is 0.879 bits per heavy atom. The lowest BCUT2D eigenvalue weighted by Gasteiger charge is -2.39. The number of benzene rings is 3. The van der Waals surface area contributed by atoms with Gasteiger partial charge in [-0.05, 0) is 55.2 Å². The van der Waals surface area contributed by atoms with Gasteiger partial charge in [0.15, 0.2) is 0 Å². The third kappa shape index (κ3) is 5.08. The quantitative estimate of drug-likeness (QED) is 0.474. The van der Waals surface area contributed by atoms with Gasteiger partial charge in [0.2, 0.25) is 5.91 Å². The molecular formula is C28H31N3O2. The molecular weight excluding hydrogens is 410 g/mol. The van der Waals surface area contributed by atoms with Crippen LogP contribution in [0.5, 0.6) is 0 Å². The maximum Gasteiger partial charge on any atom is 0.324 e. The smallest absolute Gasteiger partial charge is 0.324 e. The maximum absolute atomic E-state index is 13.3. The molecule has 1 fully saturated rings. The molecule has 1 heterocycles. The van der Waals surface area contributed by atoms with Crippen LogP contribution in [-0.4, -0.2) is 29.9 Å². The van der Waals surface area contributed by atoms with Crippen LogP contribution >= 0.6 is 0 Å². The van der Waals surface area contributed by atoms with E-state index in [1.54, 1.807) is 0 Å². The molecule has 0 unspecified atom stereocenters. The second-order valence-electron chi connectivity index (χ2n) is 8.48. The van der Waals surface area contributed by atoms with Crippen molar-refractivity contribution in [1.29, 1.82) is 0 Å². The highest BCUT2D eigenvalue weighted by atomic mass is 16.2. The van der Waals surface area contributed by atoms with Crippen molar-refractivity contribution in [2.45, 2.75) is 38.6 Å². The average Bonchev–Trinajstić information content (AvgIpc) is 2.86. The summed E-state index contributed by atoms with van der Waals surface area (Å²) in [6.45, 7) is 5.53. The second kappa shape index (κ2) is 10.3. The minimum Gasteiger partial charge on any atom is -0.326 e. The molecule has 5 heteroatoms. The molecule has 3 aromatic rings. The van der Waals surface area contributed by atoms with Crippen LogP contribution in [0.4, 0.5) is 16.2 Å². The first-order valence-electron chi connectivity index (χ1n) is 11.7. The Morgan fingerprint density at radius 2 is 1.48 bits per heavy atom. The van der Waals surface area contributed by atoms with Gasteiger partial charge in [-0.15, -0.1) is 0 Å². The van der Waals surface area contributed by atoms with Crippen molar-refractivity contribution < 1.29 is 9.59 Å². The normalized spacial score (nSPS) is 15.8. The van der Waals surface area contributed by atoms with Gasteiger partial charge >= 0.3 is 6.03 Å². The molecule has 1 aliphatic rings. The van der Waals surface area contributed by atoms with Crippen molar-refractivity contribution in [1.82, 2.24) is 4.90 Å². The number of carbonyl (C=O) groups excluding carboxylic acids is 2. The van der Waals surface area contributed by atoms with Crippen molar-refractivity contribution in [3.8, 4) is 0 Å². The van der Waals surface area contributed by atoms with Crippen LogP contribution in [0.2, 0.25) is 0 Å². The van der Waals surface area contributed by atoms with Crippen molar-refractivity contribution in [3.63, 3.8) is 0 Å². The molecule has 0 aromatic heterocycles. The average molecular weight is 442 g/mol. The van der Waals surface area contributed by atoms with E-state index in [1.807, 2.05) is 89.5 Å². The van der Waals surface area contributed by atoms with Crippen molar-refractivity contribution >= 4 is 23.3 Å². The highest BCUT2D eigenvalue weighted by molar-refractivity contribution is 5.97. The summed E-state index contributed by atoms with van der Waals surface area (Å²) >= 11 is 0. The van der Waals surface area contributed by atoms with Crippen LogP contribution in [0.25, 0.3) is 0 Å². The van der Waals surface area contributed by atoms with Gasteiger partial charge in [-0.2, -0.15) is 0 Å². The Kier molecular flexibility index (Phi) is 7.08. The molecule has 0 aliphatic carbocycles. The van der Waals surface area contributed by atoms with Gasteiger partial charge in [0.05, 0.1) is 12.0 Å². The largest absolute Gasteiger partial charge is 0.326 e. The molecule has 5 nitrogen and oxygen atoms in total. The third-order valence-electron chi connectivity index (χ3n) is 6.38. The van der Waals surface area contributed by atoms with Gasteiger partial charge in [-0.3, -0.25) is 9.69 Å². The lowest BCUT2D eigenvalue weighted by molar-refractivity contribution is -0.117. The van der Waals surface area contributed by atoms with Gasteiger partial charge < -0.3 is 10.2 Å². The highest BCUT2D eigenvalue weighted by Crippen LogP contribution is 2.28. The fourth-order valence-corrected chi connectivity index (χ4v) is 4.47. The first kappa shape index (κ1) is 22.6. The van der Waals surface area contributed by atoms with Gasteiger partial charge in [0, 0.05) is 24.5 Å². The number of carbonyl (C=O) groups is 2. The van der Waals surface area contributed by atoms with E-state index >= 15 is 0 Å². The monoisotopic (exact) mass is 441 g/mol. The van der Waals surface area contributed by atoms with E-state index in [9.17, 15) is 9.59 Å². The molecule has 3 amide bonds. The van der Waals surface area contributed by atoms with E-state index in [2.05, 4.69) is 24.4 Å². The summed E-state index contributed by atoms with van der Waals surface area (Å²) in [6.07, 6.45) is 1.64. The molecule has 1 saturated heterocycles. The molecule has 0 bridgehead atoms. The number of nitrogens with one attached hydrogen (secondary N) is 1. The molecule has 1 aliphatic heterocycles. The Hall–Kier alpha value is -3.60. The summed E-state index contributed by atoms with van der Waals surface area (Å²) in [7, 11) is 0. The number of amides is 3. The summed E-state index contributed by atoms with van der Waals surface area (Å²) in [6, 6.07) is 27.6. The number of nitrogens with zero attached hydrogens (tertiary/aromatic N) is 2. The molecule has 33 heavy (non-hydrogen) atoms. The van der Waals surface area contributed by atoms with E-state index < -0.39 is 0 Å². The van der Waals surface area contributed by atoms with E-state index in [4.69, 9.17) is 0 Å². The molecule has 2 atom stereocenters. The third-order valence-corrected chi connectivity index (χ3v) is 6.38. The van der Waals surface area contributed by atoms with Crippen LogP contribution in [-0.2, 0) is 4.79 Å². The lowest BCUT2D eigenvalue weighted by Crippen LogP contribution is -2.50. The predicted octanol–water partition coefficient (Wildman–Crippen LogP) is 6.21. The van der Waals surface area contributed by atoms with E-state index in [-0.39, 0.29) is 23.9 Å². The zero-order chi connectivity index (χ0) is 23.2. The van der Waals surface area contributed by atoms with E-state index in [0.29, 0.717) is 6.54 Å². The van der Waals surface area contributed by atoms with Crippen LogP contribution in [0.1, 0.15) is 49.8 Å². The van der Waals surface area contributed by atoms with Crippen molar-refractivity contribution in [3.05, 3.63) is 96.1 Å². The zero-order valence-electron chi connectivity index (χ0n) is 19.3. The molecule has 0 saturated carbocycles. The SMILES string of the molecule is CC[C@H](C(=O)Nc1ccc(N2CCCN([C@@H](C)c3ccccc3)C2=O)cc1)c1ccccc1. The summed E-state index contributed by atoms with van der Waals surface area (Å²) in [5, 5.41) is 3.03. The Morgan fingerprint density at radius 3 is 2.09 bits per heavy atom. The van der Waals surface area contributed by atoms with E-state index in [0.717, 1.165) is 41.9 Å². The molecule has 170 valence electrons. The first-order valence-corrected chi connectivity index (χ1v) is 11.7. The predicted molar refractivity (Wildman–Crippen MR) is 133 cm³/mol. The van der Waals surface area contributed by atoms with Crippen LogP contribution in [0, 0.1) is 0 Å². The topological polar surface area (TPSA) is 52.7 Å². The second-order valence-corrected chi connectivity index (χ2v) is 8.48. The number of rotatable bonds is 7. The van der Waals surface area contributed by atoms with Crippen molar-refractivity contribution in [2.24, 2.45) is 0 Å². The van der Waals surface area contributed by atoms with Crippen LogP contribution in [0.3, 0.4) is 0 Å². The lowest BCUT2D eigenvalue weighted by atomic mass is 9.95. The fraction of sp³-hybridized carbons (Fsp3) is 0.286. The summed E-state index contributed by atoms with van der Waals surface area (Å²) in [5.41, 5.74) is 3.73. The van der Waals surface area contributed by atoms with Crippen LogP contribution in [0.15, 0.2) is 84.9 Å². The molecule has 4 rings (SSSR count). The highest BCUT2D eigenvalue weighted by Gasteiger charge is 2.30. The summed E-state index contributed by atoms with van der Waals surface area (Å²) in [5.74, 6) is -0.212. The standard InChI is InChI=1S/C28H31N3O2/c1-3-26(23-13-8-5-9-14-23)27(32)29-24-15-17-25(18-16-24)31-20-10-19-30(28(31)33)21(2)22-11-6-4-7-12-22/h4-9,11-18,21,26H,3,10,19-20H2,1-2H3,(H,29,32)/t21-,26-/m0/s1. The maximum atomic E-state index is 13.3. The Labute approximate surface area is 196 Å². The van der Waals surface area contributed by atoms with Crippen LogP contribution < -0.4 is 10.2 Å². The number of anilines is 2. The molecule has 0 radical (unpaired) electrons. The molecule has 0 spiro atoms. The van der Waals surface area contributed by atoms with Gasteiger partial charge in [0.25, 0.3) is 0 Å². The Balaban J connectivity index is 1.44. The summed E-state index contributed by atoms with van der Waals surface area (Å²) < 4.78 is 0. The number of hydrogen-bond donors (Lipinski definition) is 1. The van der Waals surface area contributed by atoms with Gasteiger partial charge in [-0.1, -0.05) is 67.6 Å².